The van der Waals surface area contributed by atoms with Crippen molar-refractivity contribution in [3.63, 3.8) is 0 Å². The van der Waals surface area contributed by atoms with Crippen LogP contribution in [0.5, 0.6) is 17.5 Å². The Balaban J connectivity index is 1.26. The average molecular weight is 890 g/mol. The molecule has 7 atom stereocenters. The first-order chi connectivity index (χ1) is 29.1. The third kappa shape index (κ3) is 8.88. The van der Waals surface area contributed by atoms with Crippen molar-refractivity contribution in [2.45, 2.75) is 152 Å². The molecule has 3 N–H and O–H groups in total. The Kier molecular flexibility index (Phi) is 12.2. The molecule has 2 aromatic rings. The quantitative estimate of drug-likeness (QED) is 0.275. The molecule has 4 amide bonds. The van der Waals surface area contributed by atoms with Crippen LogP contribution in [0.4, 0.5) is 13.6 Å². The van der Waals surface area contributed by atoms with Crippen LogP contribution in [0.15, 0.2) is 30.4 Å². The number of halogens is 2. The van der Waals surface area contributed by atoms with Gasteiger partial charge in [0.25, 0.3) is 11.8 Å². The number of aromatic nitrogens is 1. The molecular formula is C43H57F2N5O11S. The average Bonchev–Trinajstić information content (AvgIpc) is 4.09. The normalized spacial score (nSPS) is 29.3. The van der Waals surface area contributed by atoms with E-state index in [4.69, 9.17) is 28.7 Å². The van der Waals surface area contributed by atoms with Gasteiger partial charge in [0, 0.05) is 30.2 Å². The molecule has 62 heavy (non-hydrogen) atoms. The second-order valence-corrected chi connectivity index (χ2v) is 20.2. The second kappa shape index (κ2) is 16.7. The molecule has 3 aliphatic heterocycles. The molecule has 2 aliphatic carbocycles. The van der Waals surface area contributed by atoms with E-state index in [0.717, 1.165) is 31.2 Å². The predicted octanol–water partition coefficient (Wildman–Crippen LogP) is 4.85. The molecule has 3 fully saturated rings. The van der Waals surface area contributed by atoms with Crippen LogP contribution in [0.3, 0.4) is 0 Å². The fourth-order valence-electron chi connectivity index (χ4n) is 8.23. The van der Waals surface area contributed by atoms with E-state index in [0.29, 0.717) is 62.7 Å². The highest BCUT2D eigenvalue weighted by molar-refractivity contribution is 7.91. The number of ether oxygens (including phenoxy) is 5. The van der Waals surface area contributed by atoms with E-state index in [2.05, 4.69) is 15.4 Å². The summed E-state index contributed by atoms with van der Waals surface area (Å²) < 4.78 is 86.3. The van der Waals surface area contributed by atoms with Crippen LogP contribution in [0.2, 0.25) is 0 Å². The largest absolute Gasteiger partial charge is 0.497 e. The zero-order valence-corrected chi connectivity index (χ0v) is 37.0. The summed E-state index contributed by atoms with van der Waals surface area (Å²) in [4.78, 5) is 63.2. The van der Waals surface area contributed by atoms with Crippen LogP contribution in [0.25, 0.3) is 10.8 Å². The maximum Gasteiger partial charge on any atom is 0.408 e. The zero-order valence-electron chi connectivity index (χ0n) is 36.2. The van der Waals surface area contributed by atoms with Crippen molar-refractivity contribution >= 4 is 44.6 Å². The van der Waals surface area contributed by atoms with Gasteiger partial charge in [0.05, 0.1) is 37.2 Å². The smallest absolute Gasteiger partial charge is 0.408 e. The van der Waals surface area contributed by atoms with Crippen molar-refractivity contribution < 1.29 is 60.1 Å². The monoisotopic (exact) mass is 889 g/mol. The topological polar surface area (TPSA) is 201 Å². The van der Waals surface area contributed by atoms with Gasteiger partial charge in [-0.2, -0.15) is 4.98 Å². The van der Waals surface area contributed by atoms with Crippen LogP contribution < -0.4 is 29.6 Å². The Morgan fingerprint density at radius 1 is 1.15 bits per heavy atom. The lowest BCUT2D eigenvalue weighted by atomic mass is 10.0. The number of fused-ring (bicyclic) bond motifs is 5. The number of pyridine rings is 1. The standard InChI is InChI=1S/C43H57F2N5O11S/c1-8-32-33(46-39(54)61-40(3,4)42(6,44)45)37(52)50-23-27(60-36-29-16-15-26(57-7)20-30(29)28-14-11-19-58-35(28)47-36)21-31(50)34(51)48-43(22-25(43)13-10-9-12-24(2)59-32)38(53)49-62(55,56)41(5)17-18-41/h10,13,15-16,20,24-25,27,31-33H,8-9,11-12,14,17-19,21-23H2,1-7H3,(H,46,54)(H,48,51)(H,49,53)/b13-10-/t24-,25+,27+,31-,32-,33-,43+/m0/s1. The number of carbonyl (C=O) groups excluding carboxylic acids is 4. The summed E-state index contributed by atoms with van der Waals surface area (Å²) >= 11 is 0. The van der Waals surface area contributed by atoms with Gasteiger partial charge in [-0.05, 0) is 103 Å². The summed E-state index contributed by atoms with van der Waals surface area (Å²) in [5, 5.41) is 6.76. The SMILES string of the molecule is CC[C@@H]1O[C@@H](C)CC/C=C\[C@@H]2C[C@@]2(C(=O)NS(=O)(=O)C2(C)CC2)NC(=O)[C@@H]2C[C@@H](Oc3nc4c(c5cc(OC)ccc35)CCCO4)CN2C(=O)[C@H]1NC(=O)OC(C)(C)C(C)(F)F. The van der Waals surface area contributed by atoms with E-state index in [9.17, 15) is 31.6 Å². The molecule has 0 unspecified atom stereocenters. The number of alkyl carbamates (subject to hydrolysis) is 1. The van der Waals surface area contributed by atoms with Crippen molar-refractivity contribution in [2.75, 3.05) is 20.3 Å². The van der Waals surface area contributed by atoms with Crippen molar-refractivity contribution in [3.05, 3.63) is 35.9 Å². The number of rotatable bonds is 10. The number of hydrogen-bond acceptors (Lipinski definition) is 12. The Labute approximate surface area is 360 Å². The Morgan fingerprint density at radius 2 is 1.89 bits per heavy atom. The number of methoxy groups -OCH3 is 1. The van der Waals surface area contributed by atoms with Gasteiger partial charge in [-0.25, -0.2) is 22.0 Å². The minimum atomic E-state index is -4.09. The zero-order chi connectivity index (χ0) is 45.0. The van der Waals surface area contributed by atoms with Gasteiger partial charge in [0.1, 0.15) is 29.5 Å². The van der Waals surface area contributed by atoms with E-state index in [1.807, 2.05) is 12.1 Å². The van der Waals surface area contributed by atoms with Gasteiger partial charge in [-0.3, -0.25) is 19.1 Å². The number of alkyl halides is 2. The Bertz CT molecular complexity index is 2250. The summed E-state index contributed by atoms with van der Waals surface area (Å²) in [7, 11) is -2.53. The first-order valence-corrected chi connectivity index (χ1v) is 22.8. The number of hydrogen-bond donors (Lipinski definition) is 3. The van der Waals surface area contributed by atoms with E-state index in [-0.39, 0.29) is 31.7 Å². The molecule has 1 saturated heterocycles. The summed E-state index contributed by atoms with van der Waals surface area (Å²) in [5.41, 5.74) is -3.04. The fraction of sp³-hybridized carbons (Fsp3) is 0.651. The number of nitrogens with zero attached hydrogens (tertiary/aromatic N) is 2. The van der Waals surface area contributed by atoms with Gasteiger partial charge in [0.2, 0.25) is 33.6 Å². The number of carbonyl (C=O) groups is 4. The van der Waals surface area contributed by atoms with Crippen LogP contribution >= 0.6 is 0 Å². The van der Waals surface area contributed by atoms with Crippen molar-refractivity contribution in [2.24, 2.45) is 5.92 Å². The van der Waals surface area contributed by atoms with Gasteiger partial charge < -0.3 is 39.2 Å². The molecule has 1 aromatic carbocycles. The molecule has 1 aromatic heterocycles. The van der Waals surface area contributed by atoms with Crippen molar-refractivity contribution in [3.8, 4) is 17.5 Å². The number of nitrogens with one attached hydrogen (secondary N) is 3. The molecule has 5 aliphatic rings. The van der Waals surface area contributed by atoms with Crippen LogP contribution in [0.1, 0.15) is 98.5 Å². The molecule has 2 saturated carbocycles. The Hall–Kier alpha value is -4.78. The third-order valence-corrected chi connectivity index (χ3v) is 15.2. The van der Waals surface area contributed by atoms with Crippen molar-refractivity contribution in [1.82, 2.24) is 25.2 Å². The number of aryl methyl sites for hydroxylation is 1. The second-order valence-electron chi connectivity index (χ2n) is 18.0. The lowest BCUT2D eigenvalue weighted by molar-refractivity contribution is -0.153. The minimum Gasteiger partial charge on any atom is -0.497 e. The number of allylic oxidation sites excluding steroid dienone is 1. The summed E-state index contributed by atoms with van der Waals surface area (Å²) in [6.07, 6.45) is 3.22. The number of sulfonamides is 1. The molecule has 16 nitrogen and oxygen atoms in total. The predicted molar refractivity (Wildman–Crippen MR) is 221 cm³/mol. The molecule has 4 heterocycles. The maximum absolute atomic E-state index is 15.0. The molecule has 0 spiro atoms. The van der Waals surface area contributed by atoms with E-state index < -0.39 is 92.0 Å². The van der Waals surface area contributed by atoms with E-state index in [1.54, 1.807) is 46.1 Å². The molecule has 19 heteroatoms. The van der Waals surface area contributed by atoms with Gasteiger partial charge >= 0.3 is 6.09 Å². The molecule has 0 bridgehead atoms. The Morgan fingerprint density at radius 3 is 2.56 bits per heavy atom. The van der Waals surface area contributed by atoms with Crippen LogP contribution in [0, 0.1) is 5.92 Å². The van der Waals surface area contributed by atoms with E-state index in [1.165, 1.54) is 4.90 Å². The lowest BCUT2D eigenvalue weighted by Gasteiger charge is -2.35. The molecule has 0 radical (unpaired) electrons. The van der Waals surface area contributed by atoms with Gasteiger partial charge in [0.15, 0.2) is 5.60 Å². The van der Waals surface area contributed by atoms with Crippen molar-refractivity contribution in [1.29, 1.82) is 0 Å². The first-order valence-electron chi connectivity index (χ1n) is 21.3. The summed E-state index contributed by atoms with van der Waals surface area (Å²) in [6.45, 7) is 7.99. The third-order valence-electron chi connectivity index (χ3n) is 13.0. The number of amides is 4. The highest BCUT2D eigenvalue weighted by atomic mass is 32.2. The highest BCUT2D eigenvalue weighted by Gasteiger charge is 2.63. The van der Waals surface area contributed by atoms with E-state index >= 15 is 4.79 Å². The van der Waals surface area contributed by atoms with Crippen LogP contribution in [-0.2, 0) is 40.3 Å². The maximum atomic E-state index is 15.0. The summed E-state index contributed by atoms with van der Waals surface area (Å²) in [6, 6.07) is 2.54. The summed E-state index contributed by atoms with van der Waals surface area (Å²) in [5.74, 6) is -5.32. The lowest BCUT2D eigenvalue weighted by Crippen LogP contribution is -2.61. The molecular weight excluding hydrogens is 833 g/mol. The van der Waals surface area contributed by atoms with Gasteiger partial charge in [-0.1, -0.05) is 19.1 Å². The van der Waals surface area contributed by atoms with Crippen LogP contribution in [-0.4, -0.2) is 115 Å². The minimum absolute atomic E-state index is 0.0975. The number of benzene rings is 1. The highest BCUT2D eigenvalue weighted by Crippen LogP contribution is 2.48. The fourth-order valence-corrected chi connectivity index (χ4v) is 9.54. The van der Waals surface area contributed by atoms with Gasteiger partial charge in [-0.15, -0.1) is 0 Å². The first kappa shape index (κ1) is 45.3. The molecule has 7 rings (SSSR count). The molecule has 340 valence electrons.